The molecule has 0 saturated carbocycles. The second-order valence-electron chi connectivity index (χ2n) is 7.20. The molecule has 0 spiro atoms. The Morgan fingerprint density at radius 3 is 2.58 bits per heavy atom. The number of halogens is 3. The van der Waals surface area contributed by atoms with Crippen molar-refractivity contribution in [3.05, 3.63) is 41.2 Å². The van der Waals surface area contributed by atoms with Crippen LogP contribution in [0.4, 0.5) is 24.7 Å². The minimum absolute atomic E-state index is 0.0310. The fourth-order valence-electron chi connectivity index (χ4n) is 3.52. The van der Waals surface area contributed by atoms with Crippen LogP contribution in [0.25, 0.3) is 10.9 Å². The first kappa shape index (κ1) is 20.8. The Morgan fingerprint density at radius 1 is 1.13 bits per heavy atom. The van der Waals surface area contributed by atoms with Crippen LogP contribution in [0.2, 0.25) is 0 Å². The Hall–Kier alpha value is -3.43. The Balaban J connectivity index is 1.79. The molecule has 1 aliphatic rings. The van der Waals surface area contributed by atoms with Crippen LogP contribution >= 0.6 is 0 Å². The Kier molecular flexibility index (Phi) is 5.16. The normalized spacial score (nSPS) is 14.4. The number of nitrogens with zero attached hydrogens (tertiary/aromatic N) is 2. The number of alkyl halides is 3. The molecule has 0 saturated heterocycles. The summed E-state index contributed by atoms with van der Waals surface area (Å²) in [6, 6.07) is 4.70. The quantitative estimate of drug-likeness (QED) is 0.585. The average Bonchev–Trinajstić information content (AvgIpc) is 2.71. The number of anilines is 2. The van der Waals surface area contributed by atoms with Gasteiger partial charge in [0.15, 0.2) is 11.5 Å². The summed E-state index contributed by atoms with van der Waals surface area (Å²) >= 11 is 0. The first-order valence-corrected chi connectivity index (χ1v) is 9.56. The largest absolute Gasteiger partial charge is 0.491 e. The predicted molar refractivity (Wildman–Crippen MR) is 110 cm³/mol. The van der Waals surface area contributed by atoms with Gasteiger partial charge in [-0.15, -0.1) is 0 Å². The molecule has 7 nitrogen and oxygen atoms in total. The zero-order valence-corrected chi connectivity index (χ0v) is 17.1. The van der Waals surface area contributed by atoms with Gasteiger partial charge in [0.25, 0.3) is 0 Å². The van der Waals surface area contributed by atoms with Gasteiger partial charge in [0.05, 0.1) is 24.1 Å². The van der Waals surface area contributed by atoms with Gasteiger partial charge in [0, 0.05) is 5.69 Å². The maximum atomic E-state index is 13.2. The second-order valence-corrected chi connectivity index (χ2v) is 7.20. The molecule has 31 heavy (non-hydrogen) atoms. The maximum absolute atomic E-state index is 13.2. The van der Waals surface area contributed by atoms with Crippen molar-refractivity contribution in [3.8, 4) is 17.2 Å². The predicted octanol–water partition coefficient (Wildman–Crippen LogP) is 4.49. The highest BCUT2D eigenvalue weighted by molar-refractivity contribution is 5.97. The van der Waals surface area contributed by atoms with Crippen LogP contribution in [0.3, 0.4) is 0 Å². The van der Waals surface area contributed by atoms with E-state index in [9.17, 15) is 13.2 Å². The van der Waals surface area contributed by atoms with Crippen molar-refractivity contribution in [1.29, 1.82) is 0 Å². The third-order valence-electron chi connectivity index (χ3n) is 4.93. The van der Waals surface area contributed by atoms with Crippen molar-refractivity contribution in [2.75, 3.05) is 31.4 Å². The third-order valence-corrected chi connectivity index (χ3v) is 4.93. The van der Waals surface area contributed by atoms with Crippen molar-refractivity contribution >= 4 is 22.4 Å². The summed E-state index contributed by atoms with van der Waals surface area (Å²) in [6.45, 7) is 4.22. The molecule has 2 aromatic carbocycles. The van der Waals surface area contributed by atoms with E-state index < -0.39 is 17.8 Å². The van der Waals surface area contributed by atoms with Crippen molar-refractivity contribution in [1.82, 2.24) is 9.97 Å². The van der Waals surface area contributed by atoms with E-state index in [1.807, 2.05) is 0 Å². The molecule has 4 rings (SSSR count). The van der Waals surface area contributed by atoms with E-state index >= 15 is 0 Å². The molecule has 2 heterocycles. The fraction of sp³-hybridized carbons (Fsp3) is 0.333. The van der Waals surface area contributed by atoms with Gasteiger partial charge >= 0.3 is 6.18 Å². The van der Waals surface area contributed by atoms with Gasteiger partial charge in [-0.3, -0.25) is 0 Å². The summed E-state index contributed by atoms with van der Waals surface area (Å²) in [5.74, 6) is 2.25. The Morgan fingerprint density at radius 2 is 1.87 bits per heavy atom. The smallest absolute Gasteiger partial charge is 0.416 e. The van der Waals surface area contributed by atoms with E-state index in [4.69, 9.17) is 19.9 Å². The molecule has 0 radical (unpaired) electrons. The summed E-state index contributed by atoms with van der Waals surface area (Å²) in [5.41, 5.74) is 5.83. The molecule has 0 fully saturated rings. The van der Waals surface area contributed by atoms with Gasteiger partial charge in [0.1, 0.15) is 30.4 Å². The van der Waals surface area contributed by atoms with Crippen LogP contribution in [-0.4, -0.2) is 30.3 Å². The molecule has 164 valence electrons. The zero-order valence-electron chi connectivity index (χ0n) is 17.1. The topological polar surface area (TPSA) is 91.5 Å². The van der Waals surface area contributed by atoms with Gasteiger partial charge < -0.3 is 25.3 Å². The monoisotopic (exact) mass is 434 g/mol. The van der Waals surface area contributed by atoms with Crippen LogP contribution in [0.1, 0.15) is 29.9 Å². The minimum Gasteiger partial charge on any atom is -0.491 e. The van der Waals surface area contributed by atoms with E-state index in [0.717, 1.165) is 12.1 Å². The van der Waals surface area contributed by atoms with Crippen LogP contribution in [0.15, 0.2) is 24.3 Å². The summed E-state index contributed by atoms with van der Waals surface area (Å²) in [5, 5.41) is 3.78. The van der Waals surface area contributed by atoms with E-state index in [1.54, 1.807) is 19.9 Å². The number of nitrogens with one attached hydrogen (secondary N) is 1. The van der Waals surface area contributed by atoms with Crippen molar-refractivity contribution in [2.24, 2.45) is 0 Å². The lowest BCUT2D eigenvalue weighted by molar-refractivity contribution is -0.137. The molecular formula is C21H21F3N4O3. The van der Waals surface area contributed by atoms with Gasteiger partial charge in [-0.05, 0) is 43.7 Å². The molecule has 0 amide bonds. The number of nitrogen functional groups attached to an aromatic ring is 1. The Labute approximate surface area is 176 Å². The number of aromatic nitrogens is 2. The standard InChI is InChI=1S/C21H21F3N4O3/c1-10(12-6-13(21(22,23)24)8-14(25)7-12)26-20-15-9-16-18(31-5-4-30-16)19(29-3)17(15)27-11(2)28-20/h6-10H,4-5,25H2,1-3H3,(H,26,27,28). The van der Waals surface area contributed by atoms with E-state index in [-0.39, 0.29) is 5.69 Å². The number of hydrogen-bond donors (Lipinski definition) is 2. The van der Waals surface area contributed by atoms with Gasteiger partial charge in [0.2, 0.25) is 5.75 Å². The molecule has 1 aliphatic heterocycles. The number of rotatable bonds is 4. The van der Waals surface area contributed by atoms with Gasteiger partial charge in [-0.1, -0.05) is 0 Å². The highest BCUT2D eigenvalue weighted by atomic mass is 19.4. The van der Waals surface area contributed by atoms with Crippen LogP contribution in [0.5, 0.6) is 17.2 Å². The fourth-order valence-corrected chi connectivity index (χ4v) is 3.52. The van der Waals surface area contributed by atoms with Crippen molar-refractivity contribution in [2.45, 2.75) is 26.1 Å². The first-order chi connectivity index (χ1) is 14.7. The molecule has 3 aromatic rings. The van der Waals surface area contributed by atoms with Crippen LogP contribution < -0.4 is 25.3 Å². The number of nitrogens with two attached hydrogens (primary N) is 1. The molecule has 10 heteroatoms. The Bertz CT molecular complexity index is 1150. The highest BCUT2D eigenvalue weighted by Crippen LogP contribution is 2.46. The second kappa shape index (κ2) is 7.68. The van der Waals surface area contributed by atoms with E-state index in [2.05, 4.69) is 15.3 Å². The number of benzene rings is 2. The molecule has 1 atom stereocenters. The summed E-state index contributed by atoms with van der Waals surface area (Å²) in [7, 11) is 1.51. The van der Waals surface area contributed by atoms with Gasteiger partial charge in [-0.2, -0.15) is 13.2 Å². The van der Waals surface area contributed by atoms with Crippen molar-refractivity contribution < 1.29 is 27.4 Å². The molecular weight excluding hydrogens is 413 g/mol. The minimum atomic E-state index is -4.49. The van der Waals surface area contributed by atoms with E-state index in [0.29, 0.717) is 58.6 Å². The maximum Gasteiger partial charge on any atom is 0.416 e. The zero-order chi connectivity index (χ0) is 22.3. The van der Waals surface area contributed by atoms with Gasteiger partial charge in [-0.25, -0.2) is 9.97 Å². The first-order valence-electron chi connectivity index (χ1n) is 9.56. The third kappa shape index (κ3) is 3.97. The summed E-state index contributed by atoms with van der Waals surface area (Å²) in [6.07, 6.45) is -4.49. The molecule has 0 bridgehead atoms. The number of fused-ring (bicyclic) bond motifs is 2. The number of aryl methyl sites for hydroxylation is 1. The number of hydrogen-bond acceptors (Lipinski definition) is 7. The average molecular weight is 434 g/mol. The lowest BCUT2D eigenvalue weighted by atomic mass is 10.0. The summed E-state index contributed by atoms with van der Waals surface area (Å²) in [4.78, 5) is 8.93. The molecule has 3 N–H and O–H groups in total. The highest BCUT2D eigenvalue weighted by Gasteiger charge is 2.31. The molecule has 1 aromatic heterocycles. The SMILES string of the molecule is COc1c2c(cc3c(NC(C)c4cc(N)cc(C(F)(F)F)c4)nc(C)nc13)OCCO2. The molecule has 0 aliphatic carbocycles. The van der Waals surface area contributed by atoms with Crippen LogP contribution in [0, 0.1) is 6.92 Å². The lowest BCUT2D eigenvalue weighted by Crippen LogP contribution is -2.17. The lowest BCUT2D eigenvalue weighted by Gasteiger charge is -2.23. The summed E-state index contributed by atoms with van der Waals surface area (Å²) < 4.78 is 56.5. The number of methoxy groups -OCH3 is 1. The van der Waals surface area contributed by atoms with E-state index in [1.165, 1.54) is 13.2 Å². The number of ether oxygens (including phenoxy) is 3. The van der Waals surface area contributed by atoms with Crippen molar-refractivity contribution in [3.63, 3.8) is 0 Å². The molecule has 1 unspecified atom stereocenters. The van der Waals surface area contributed by atoms with Crippen LogP contribution in [-0.2, 0) is 6.18 Å².